The Bertz CT molecular complexity index is 362. The summed E-state index contributed by atoms with van der Waals surface area (Å²) in [5, 5.41) is 8.54. The van der Waals surface area contributed by atoms with Gasteiger partial charge in [0.25, 0.3) is 0 Å². The molecule has 0 aromatic rings. The number of nitriles is 1. The number of hydrogen-bond acceptors (Lipinski definition) is 3. The molecule has 0 aromatic carbocycles. The molecule has 4 nitrogen and oxygen atoms in total. The molecule has 1 atom stereocenters. The molecule has 1 saturated heterocycles. The molecule has 7 heteroatoms. The molecule has 0 saturated carbocycles. The zero-order chi connectivity index (χ0) is 14.6. The number of nitrogens with zero attached hydrogens (tertiary/aromatic N) is 3. The second-order valence-electron chi connectivity index (χ2n) is 5.08. The largest absolute Gasteiger partial charge is 0.401 e. The molecule has 0 unspecified atom stereocenters. The van der Waals surface area contributed by atoms with Crippen molar-refractivity contribution in [3.8, 4) is 6.07 Å². The highest BCUT2D eigenvalue weighted by molar-refractivity contribution is 5.78. The lowest BCUT2D eigenvalue weighted by Gasteiger charge is -2.43. The molecule has 1 aliphatic rings. The summed E-state index contributed by atoms with van der Waals surface area (Å²) in [7, 11) is 0. The number of carbonyl (C=O) groups excluding carboxylic acids is 1. The minimum Gasteiger partial charge on any atom is -0.336 e. The van der Waals surface area contributed by atoms with Crippen LogP contribution in [0.25, 0.3) is 0 Å². The molecule has 108 valence electrons. The zero-order valence-electron chi connectivity index (χ0n) is 11.1. The number of alkyl halides is 3. The van der Waals surface area contributed by atoms with Crippen LogP contribution >= 0.6 is 0 Å². The van der Waals surface area contributed by atoms with Gasteiger partial charge in [-0.05, 0) is 5.92 Å². The van der Waals surface area contributed by atoms with Crippen LogP contribution in [0.2, 0.25) is 0 Å². The summed E-state index contributed by atoms with van der Waals surface area (Å²) in [5.41, 5.74) is 0. The minimum absolute atomic E-state index is 0.0543. The second-order valence-corrected chi connectivity index (χ2v) is 5.08. The molecule has 0 radical (unpaired) electrons. The van der Waals surface area contributed by atoms with E-state index in [2.05, 4.69) is 0 Å². The summed E-state index contributed by atoms with van der Waals surface area (Å²) < 4.78 is 37.1. The van der Waals surface area contributed by atoms with Gasteiger partial charge in [0.15, 0.2) is 0 Å². The van der Waals surface area contributed by atoms with Crippen LogP contribution in [0, 0.1) is 17.2 Å². The van der Waals surface area contributed by atoms with Gasteiger partial charge >= 0.3 is 6.18 Å². The Kier molecular flexibility index (Phi) is 5.18. The number of hydrogen-bond donors (Lipinski definition) is 0. The third kappa shape index (κ3) is 4.71. The number of rotatable bonds is 3. The maximum atomic E-state index is 12.4. The quantitative estimate of drug-likeness (QED) is 0.787. The van der Waals surface area contributed by atoms with Crippen molar-refractivity contribution in [3.63, 3.8) is 0 Å². The summed E-state index contributed by atoms with van der Waals surface area (Å²) in [6, 6.07) is 1.52. The van der Waals surface area contributed by atoms with Crippen molar-refractivity contribution in [3.05, 3.63) is 0 Å². The highest BCUT2D eigenvalue weighted by Crippen LogP contribution is 2.22. The fraction of sp³-hybridized carbons (Fsp3) is 0.833. The van der Waals surface area contributed by atoms with Gasteiger partial charge in [-0.2, -0.15) is 18.4 Å². The second kappa shape index (κ2) is 6.24. The van der Waals surface area contributed by atoms with E-state index < -0.39 is 12.7 Å². The zero-order valence-corrected chi connectivity index (χ0v) is 11.1. The van der Waals surface area contributed by atoms with Gasteiger partial charge in [-0.15, -0.1) is 0 Å². The summed E-state index contributed by atoms with van der Waals surface area (Å²) in [4.78, 5) is 14.6. The summed E-state index contributed by atoms with van der Waals surface area (Å²) in [6.07, 6.45) is -4.44. The molecule has 1 aliphatic heterocycles. The van der Waals surface area contributed by atoms with Crippen molar-refractivity contribution in [1.29, 1.82) is 5.26 Å². The topological polar surface area (TPSA) is 47.3 Å². The average Bonchev–Trinajstić information content (AvgIpc) is 2.26. The molecule has 0 aliphatic carbocycles. The van der Waals surface area contributed by atoms with Crippen LogP contribution in [0.4, 0.5) is 13.2 Å². The van der Waals surface area contributed by atoms with Gasteiger partial charge in [-0.25, -0.2) is 0 Å². The first-order valence-electron chi connectivity index (χ1n) is 6.20. The van der Waals surface area contributed by atoms with Crippen molar-refractivity contribution >= 4 is 5.91 Å². The van der Waals surface area contributed by atoms with Crippen LogP contribution in [-0.2, 0) is 4.79 Å². The lowest BCUT2D eigenvalue weighted by molar-refractivity contribution is -0.156. The van der Waals surface area contributed by atoms with Crippen LogP contribution in [0.3, 0.4) is 0 Å². The SMILES string of the molecule is CC(C)[C@H]1CN(CC(F)(F)F)CCN1C(=O)CC#N. The molecule has 1 heterocycles. The average molecular weight is 277 g/mol. The molecule has 0 aromatic heterocycles. The summed E-state index contributed by atoms with van der Waals surface area (Å²) >= 11 is 0. The first kappa shape index (κ1) is 15.8. The fourth-order valence-corrected chi connectivity index (χ4v) is 2.32. The maximum absolute atomic E-state index is 12.4. The Balaban J connectivity index is 2.70. The minimum atomic E-state index is -4.22. The summed E-state index contributed by atoms with van der Waals surface area (Å²) in [5.74, 6) is -0.244. The predicted molar refractivity (Wildman–Crippen MR) is 63.1 cm³/mol. The van der Waals surface area contributed by atoms with Gasteiger partial charge in [0.2, 0.25) is 5.91 Å². The van der Waals surface area contributed by atoms with E-state index in [4.69, 9.17) is 5.26 Å². The van der Waals surface area contributed by atoms with Gasteiger partial charge in [0.1, 0.15) is 6.42 Å². The van der Waals surface area contributed by atoms with Crippen LogP contribution in [0.5, 0.6) is 0 Å². The van der Waals surface area contributed by atoms with E-state index >= 15 is 0 Å². The smallest absolute Gasteiger partial charge is 0.336 e. The van der Waals surface area contributed by atoms with E-state index in [1.54, 1.807) is 11.0 Å². The fourth-order valence-electron chi connectivity index (χ4n) is 2.32. The van der Waals surface area contributed by atoms with E-state index in [9.17, 15) is 18.0 Å². The van der Waals surface area contributed by atoms with E-state index in [0.717, 1.165) is 0 Å². The van der Waals surface area contributed by atoms with Gasteiger partial charge in [0, 0.05) is 25.7 Å². The lowest BCUT2D eigenvalue weighted by Crippen LogP contribution is -2.58. The van der Waals surface area contributed by atoms with Crippen molar-refractivity contribution in [2.45, 2.75) is 32.5 Å². The van der Waals surface area contributed by atoms with Gasteiger partial charge in [-0.3, -0.25) is 9.69 Å². The third-order valence-electron chi connectivity index (χ3n) is 3.23. The first-order chi connectivity index (χ1) is 8.74. The van der Waals surface area contributed by atoms with Crippen molar-refractivity contribution < 1.29 is 18.0 Å². The first-order valence-corrected chi connectivity index (χ1v) is 6.20. The molecule has 0 N–H and O–H groups in total. The summed E-state index contributed by atoms with van der Waals surface area (Å²) in [6.45, 7) is 3.44. The van der Waals surface area contributed by atoms with E-state index in [1.807, 2.05) is 13.8 Å². The molecular formula is C12H18F3N3O. The number of amides is 1. The normalized spacial score (nSPS) is 21.5. The highest BCUT2D eigenvalue weighted by Gasteiger charge is 2.37. The Labute approximate surface area is 110 Å². The molecule has 19 heavy (non-hydrogen) atoms. The molecule has 1 fully saturated rings. The Morgan fingerprint density at radius 3 is 2.53 bits per heavy atom. The Morgan fingerprint density at radius 1 is 1.42 bits per heavy atom. The van der Waals surface area contributed by atoms with Crippen LogP contribution in [-0.4, -0.2) is 54.1 Å². The van der Waals surface area contributed by atoms with Crippen LogP contribution < -0.4 is 0 Å². The van der Waals surface area contributed by atoms with Gasteiger partial charge in [0.05, 0.1) is 12.6 Å². The molecule has 0 spiro atoms. The van der Waals surface area contributed by atoms with Crippen LogP contribution in [0.15, 0.2) is 0 Å². The molecule has 1 amide bonds. The third-order valence-corrected chi connectivity index (χ3v) is 3.23. The number of piperazine rings is 1. The van der Waals surface area contributed by atoms with Crippen molar-refractivity contribution in [1.82, 2.24) is 9.80 Å². The van der Waals surface area contributed by atoms with Crippen LogP contribution in [0.1, 0.15) is 20.3 Å². The predicted octanol–water partition coefficient (Wildman–Crippen LogP) is 1.63. The standard InChI is InChI=1S/C12H18F3N3O/c1-9(2)10-7-17(8-12(13,14)15)5-6-18(10)11(19)3-4-16/h9-10H,3,5-8H2,1-2H3/t10-/m1/s1. The van der Waals surface area contributed by atoms with E-state index in [-0.39, 0.29) is 43.9 Å². The Hall–Kier alpha value is -1.29. The van der Waals surface area contributed by atoms with E-state index in [1.165, 1.54) is 4.90 Å². The monoisotopic (exact) mass is 277 g/mol. The Morgan fingerprint density at radius 2 is 2.05 bits per heavy atom. The maximum Gasteiger partial charge on any atom is 0.401 e. The van der Waals surface area contributed by atoms with Gasteiger partial charge in [-0.1, -0.05) is 13.8 Å². The number of halogens is 3. The van der Waals surface area contributed by atoms with E-state index in [0.29, 0.717) is 0 Å². The van der Waals surface area contributed by atoms with Gasteiger partial charge < -0.3 is 4.90 Å². The molecule has 0 bridgehead atoms. The van der Waals surface area contributed by atoms with Crippen molar-refractivity contribution in [2.24, 2.45) is 5.92 Å². The highest BCUT2D eigenvalue weighted by atomic mass is 19.4. The molecule has 1 rings (SSSR count). The molecular weight excluding hydrogens is 259 g/mol. The number of carbonyl (C=O) groups is 1. The lowest BCUT2D eigenvalue weighted by atomic mass is 9.99. The van der Waals surface area contributed by atoms with Crippen molar-refractivity contribution in [2.75, 3.05) is 26.2 Å².